The molecule has 0 aromatic heterocycles. The molecule has 3 rings (SSSR count). The van der Waals surface area contributed by atoms with Crippen molar-refractivity contribution in [3.05, 3.63) is 71.8 Å². The van der Waals surface area contributed by atoms with Crippen LogP contribution in [0, 0.1) is 0 Å². The van der Waals surface area contributed by atoms with Gasteiger partial charge in [0, 0.05) is 6.42 Å². The van der Waals surface area contributed by atoms with Crippen LogP contribution in [0.1, 0.15) is 30.1 Å². The number of ether oxygens (including phenoxy) is 2. The second kappa shape index (κ2) is 8.25. The molecule has 25 heavy (non-hydrogen) atoms. The van der Waals surface area contributed by atoms with E-state index in [4.69, 9.17) is 9.47 Å². The van der Waals surface area contributed by atoms with Crippen molar-refractivity contribution in [1.29, 1.82) is 0 Å². The highest BCUT2D eigenvalue weighted by atomic mass is 16.6. The molecule has 132 valence electrons. The smallest absolute Gasteiger partial charge is 0.306 e. The monoisotopic (exact) mass is 342 g/mol. The van der Waals surface area contributed by atoms with Gasteiger partial charge in [0.2, 0.25) is 0 Å². The van der Waals surface area contributed by atoms with Crippen LogP contribution in [0.4, 0.5) is 0 Å². The van der Waals surface area contributed by atoms with Crippen molar-refractivity contribution in [3.8, 4) is 0 Å². The number of benzene rings is 2. The fourth-order valence-electron chi connectivity index (χ4n) is 2.98. The summed E-state index contributed by atoms with van der Waals surface area (Å²) in [6.07, 6.45) is -3.09. The second-order valence-electron chi connectivity index (χ2n) is 6.17. The van der Waals surface area contributed by atoms with Crippen molar-refractivity contribution in [3.63, 3.8) is 0 Å². The molecule has 0 aliphatic carbocycles. The summed E-state index contributed by atoms with van der Waals surface area (Å²) in [5, 5.41) is 21.0. The van der Waals surface area contributed by atoms with Gasteiger partial charge in [-0.15, -0.1) is 0 Å². The number of carbonyl (C=O) groups excluding carboxylic acids is 1. The van der Waals surface area contributed by atoms with E-state index >= 15 is 0 Å². The van der Waals surface area contributed by atoms with Crippen LogP contribution in [-0.2, 0) is 20.9 Å². The van der Waals surface area contributed by atoms with Gasteiger partial charge >= 0.3 is 5.97 Å². The molecule has 1 aliphatic rings. The van der Waals surface area contributed by atoms with Gasteiger partial charge in [0.1, 0.15) is 12.2 Å². The molecule has 5 heteroatoms. The first kappa shape index (κ1) is 17.6. The summed E-state index contributed by atoms with van der Waals surface area (Å²) >= 11 is 0. The van der Waals surface area contributed by atoms with Gasteiger partial charge in [0.15, 0.2) is 6.10 Å². The second-order valence-corrected chi connectivity index (χ2v) is 6.17. The van der Waals surface area contributed by atoms with Crippen molar-refractivity contribution in [2.45, 2.75) is 43.9 Å². The van der Waals surface area contributed by atoms with Gasteiger partial charge in [0.05, 0.1) is 12.7 Å². The quantitative estimate of drug-likeness (QED) is 0.788. The largest absolute Gasteiger partial charge is 0.457 e. The minimum Gasteiger partial charge on any atom is -0.457 e. The van der Waals surface area contributed by atoms with E-state index in [0.717, 1.165) is 5.56 Å². The molecule has 0 saturated carbocycles. The fourth-order valence-corrected chi connectivity index (χ4v) is 2.98. The molecule has 0 bridgehead atoms. The first-order valence-electron chi connectivity index (χ1n) is 8.41. The minimum atomic E-state index is -1.26. The number of rotatable bonds is 6. The predicted molar refractivity (Wildman–Crippen MR) is 91.5 cm³/mol. The Hall–Kier alpha value is -2.21. The Balaban J connectivity index is 1.69. The Morgan fingerprint density at radius 3 is 2.36 bits per heavy atom. The third kappa shape index (κ3) is 4.45. The van der Waals surface area contributed by atoms with E-state index in [1.54, 1.807) is 24.3 Å². The Morgan fingerprint density at radius 1 is 1.04 bits per heavy atom. The Bertz CT molecular complexity index is 673. The third-order valence-corrected chi connectivity index (χ3v) is 4.38. The summed E-state index contributed by atoms with van der Waals surface area (Å²) in [7, 11) is 0. The Morgan fingerprint density at radius 2 is 1.68 bits per heavy atom. The minimum absolute atomic E-state index is 0.240. The summed E-state index contributed by atoms with van der Waals surface area (Å²) in [6.45, 7) is 0.355. The Kier molecular flexibility index (Phi) is 5.81. The molecule has 0 unspecified atom stereocenters. The van der Waals surface area contributed by atoms with E-state index in [9.17, 15) is 15.0 Å². The van der Waals surface area contributed by atoms with E-state index in [0.29, 0.717) is 18.6 Å². The van der Waals surface area contributed by atoms with Crippen molar-refractivity contribution < 1.29 is 24.5 Å². The normalized spacial score (nSPS) is 22.9. The van der Waals surface area contributed by atoms with Gasteiger partial charge in [-0.05, 0) is 17.5 Å². The maximum absolute atomic E-state index is 11.7. The van der Waals surface area contributed by atoms with E-state index in [1.807, 2.05) is 36.4 Å². The van der Waals surface area contributed by atoms with Crippen molar-refractivity contribution in [2.24, 2.45) is 0 Å². The highest BCUT2D eigenvalue weighted by Crippen LogP contribution is 2.28. The van der Waals surface area contributed by atoms with E-state index in [1.165, 1.54) is 0 Å². The summed E-state index contributed by atoms with van der Waals surface area (Å²) in [5.74, 6) is -0.385. The molecular weight excluding hydrogens is 320 g/mol. The fraction of sp³-hybridized carbons (Fsp3) is 0.350. The van der Waals surface area contributed by atoms with Gasteiger partial charge in [-0.3, -0.25) is 4.79 Å². The van der Waals surface area contributed by atoms with Crippen LogP contribution in [0.15, 0.2) is 60.7 Å². The summed E-state index contributed by atoms with van der Waals surface area (Å²) in [6, 6.07) is 18.5. The molecule has 0 radical (unpaired) electrons. The predicted octanol–water partition coefficient (Wildman–Crippen LogP) is 2.37. The number of hydrogen-bond acceptors (Lipinski definition) is 5. The lowest BCUT2D eigenvalue weighted by molar-refractivity contribution is -0.192. The molecule has 4 atom stereocenters. The number of aliphatic hydroxyl groups excluding tert-OH is 2. The lowest BCUT2D eigenvalue weighted by Crippen LogP contribution is -2.48. The summed E-state index contributed by atoms with van der Waals surface area (Å²) in [4.78, 5) is 11.7. The summed E-state index contributed by atoms with van der Waals surface area (Å²) < 4.78 is 11.2. The number of aliphatic hydroxyl groups is 2. The van der Waals surface area contributed by atoms with Gasteiger partial charge < -0.3 is 19.7 Å². The number of cyclic esters (lactones) is 1. The molecule has 0 amide bonds. The first-order chi connectivity index (χ1) is 12.1. The van der Waals surface area contributed by atoms with Crippen LogP contribution in [0.25, 0.3) is 0 Å². The maximum atomic E-state index is 11.7. The van der Waals surface area contributed by atoms with Crippen LogP contribution >= 0.6 is 0 Å². The highest BCUT2D eigenvalue weighted by molar-refractivity contribution is 5.70. The van der Waals surface area contributed by atoms with E-state index in [-0.39, 0.29) is 12.4 Å². The lowest BCUT2D eigenvalue weighted by Gasteiger charge is -2.35. The number of esters is 1. The Labute approximate surface area is 146 Å². The molecular formula is C20H22O5. The molecule has 2 N–H and O–H groups in total. The first-order valence-corrected chi connectivity index (χ1v) is 8.41. The van der Waals surface area contributed by atoms with Crippen LogP contribution in [0.5, 0.6) is 0 Å². The van der Waals surface area contributed by atoms with E-state index < -0.39 is 24.4 Å². The standard InChI is InChI=1S/C20H22O5/c21-17-12-11-16(24-13-14-7-3-1-4-8-14)20(25-17)19(23)18(22)15-9-5-2-6-10-15/h1-10,16,18-20,22-23H,11-13H2/t16-,18-,19+,20+/m0/s1. The van der Waals surface area contributed by atoms with Gasteiger partial charge in [0.25, 0.3) is 0 Å². The van der Waals surface area contributed by atoms with Crippen molar-refractivity contribution >= 4 is 5.97 Å². The third-order valence-electron chi connectivity index (χ3n) is 4.38. The van der Waals surface area contributed by atoms with Crippen LogP contribution in [0.2, 0.25) is 0 Å². The molecule has 1 aliphatic heterocycles. The zero-order valence-electron chi connectivity index (χ0n) is 13.8. The molecule has 2 aromatic carbocycles. The average molecular weight is 342 g/mol. The van der Waals surface area contributed by atoms with Crippen molar-refractivity contribution in [1.82, 2.24) is 0 Å². The van der Waals surface area contributed by atoms with E-state index in [2.05, 4.69) is 0 Å². The molecule has 0 spiro atoms. The van der Waals surface area contributed by atoms with Crippen LogP contribution in [-0.4, -0.2) is 34.5 Å². The SMILES string of the molecule is O=C1CC[C@H](OCc2ccccc2)[C@H]([C@H](O)[C@@H](O)c2ccccc2)O1. The zero-order chi connectivity index (χ0) is 17.6. The van der Waals surface area contributed by atoms with Crippen LogP contribution < -0.4 is 0 Å². The molecule has 1 saturated heterocycles. The molecule has 1 fully saturated rings. The van der Waals surface area contributed by atoms with Gasteiger partial charge in [-0.1, -0.05) is 60.7 Å². The molecule has 2 aromatic rings. The maximum Gasteiger partial charge on any atom is 0.306 e. The highest BCUT2D eigenvalue weighted by Gasteiger charge is 2.40. The zero-order valence-corrected chi connectivity index (χ0v) is 13.8. The van der Waals surface area contributed by atoms with Crippen LogP contribution in [0.3, 0.4) is 0 Å². The topological polar surface area (TPSA) is 76.0 Å². The summed E-state index contributed by atoms with van der Waals surface area (Å²) in [5.41, 5.74) is 1.56. The van der Waals surface area contributed by atoms with Gasteiger partial charge in [-0.2, -0.15) is 0 Å². The van der Waals surface area contributed by atoms with Gasteiger partial charge in [-0.25, -0.2) is 0 Å². The molecule has 5 nitrogen and oxygen atoms in total. The lowest BCUT2D eigenvalue weighted by atomic mass is 9.93. The van der Waals surface area contributed by atoms with Crippen molar-refractivity contribution in [2.75, 3.05) is 0 Å². The number of carbonyl (C=O) groups is 1. The average Bonchev–Trinajstić information content (AvgIpc) is 2.67. The molecule has 1 heterocycles. The number of hydrogen-bond donors (Lipinski definition) is 2.